The predicted molar refractivity (Wildman–Crippen MR) is 71.1 cm³/mol. The van der Waals surface area contributed by atoms with E-state index in [-0.39, 0.29) is 11.7 Å². The molecule has 0 fully saturated rings. The maximum absolute atomic E-state index is 11.9. The molecule has 0 heterocycles. The smallest absolute Gasteiger partial charge is 0.251 e. The fourth-order valence-electron chi connectivity index (χ4n) is 1.40. The molecule has 0 aromatic heterocycles. The van der Waals surface area contributed by atoms with Gasteiger partial charge in [0.25, 0.3) is 5.91 Å². The van der Waals surface area contributed by atoms with E-state index in [0.29, 0.717) is 12.0 Å². The van der Waals surface area contributed by atoms with Gasteiger partial charge in [-0.2, -0.15) is 0 Å². The van der Waals surface area contributed by atoms with E-state index >= 15 is 0 Å². The van der Waals surface area contributed by atoms with Crippen LogP contribution in [0.15, 0.2) is 22.7 Å². The number of benzene rings is 1. The normalized spacial score (nSPS) is 12.0. The number of hydrogen-bond acceptors (Lipinski definition) is 2. The Hall–Kier alpha value is -1.16. The molecule has 0 saturated carbocycles. The second-order valence-electron chi connectivity index (χ2n) is 3.98. The van der Waals surface area contributed by atoms with E-state index in [1.165, 1.54) is 0 Å². The second kappa shape index (κ2) is 5.96. The molecule has 92 valence electrons. The fraction of sp³-hybridized carbons (Fsp3) is 0.385. The minimum Gasteiger partial charge on any atom is -0.343 e. The van der Waals surface area contributed by atoms with Gasteiger partial charge < -0.3 is 5.32 Å². The van der Waals surface area contributed by atoms with Crippen molar-refractivity contribution in [3.8, 4) is 0 Å². The topological polar surface area (TPSA) is 46.2 Å². The molecular weight excluding hydrogens is 282 g/mol. The van der Waals surface area contributed by atoms with E-state index in [1.54, 1.807) is 26.0 Å². The Morgan fingerprint density at radius 2 is 2.06 bits per heavy atom. The largest absolute Gasteiger partial charge is 0.343 e. The highest BCUT2D eigenvalue weighted by Crippen LogP contribution is 2.17. The van der Waals surface area contributed by atoms with Gasteiger partial charge >= 0.3 is 0 Å². The summed E-state index contributed by atoms with van der Waals surface area (Å²) in [5, 5.41) is 2.68. The predicted octanol–water partition coefficient (Wildman–Crippen LogP) is 2.85. The minimum atomic E-state index is -0.437. The summed E-state index contributed by atoms with van der Waals surface area (Å²) in [6, 6.07) is 4.94. The van der Waals surface area contributed by atoms with Crippen molar-refractivity contribution in [2.45, 2.75) is 33.2 Å². The van der Waals surface area contributed by atoms with Crippen LogP contribution in [0.3, 0.4) is 0 Å². The van der Waals surface area contributed by atoms with E-state index in [4.69, 9.17) is 0 Å². The Kier molecular flexibility index (Phi) is 4.87. The van der Waals surface area contributed by atoms with E-state index in [2.05, 4.69) is 21.2 Å². The molecule has 1 amide bonds. The quantitative estimate of drug-likeness (QED) is 0.929. The Bertz CT molecular complexity index is 443. The molecule has 1 N–H and O–H groups in total. The summed E-state index contributed by atoms with van der Waals surface area (Å²) in [6.45, 7) is 5.44. The summed E-state index contributed by atoms with van der Waals surface area (Å²) in [5.74, 6) is -0.190. The first kappa shape index (κ1) is 13.9. The Morgan fingerprint density at radius 1 is 1.41 bits per heavy atom. The Balaban J connectivity index is 2.76. The van der Waals surface area contributed by atoms with Gasteiger partial charge in [-0.15, -0.1) is 0 Å². The van der Waals surface area contributed by atoms with Crippen LogP contribution in [0.1, 0.15) is 36.2 Å². The van der Waals surface area contributed by atoms with Crippen LogP contribution in [-0.2, 0) is 4.79 Å². The lowest BCUT2D eigenvalue weighted by molar-refractivity contribution is -0.120. The van der Waals surface area contributed by atoms with Crippen LogP contribution >= 0.6 is 15.9 Å². The van der Waals surface area contributed by atoms with Crippen LogP contribution < -0.4 is 5.32 Å². The highest BCUT2D eigenvalue weighted by Gasteiger charge is 2.15. The van der Waals surface area contributed by atoms with Crippen LogP contribution in [-0.4, -0.2) is 17.7 Å². The lowest BCUT2D eigenvalue weighted by atomic mass is 10.1. The number of carbonyl (C=O) groups is 2. The standard InChI is InChI=1S/C13H16BrNO2/c1-4-12(16)9(3)15-13(17)10-6-5-8(2)11(14)7-10/h5-7,9H,4H2,1-3H3,(H,15,17). The molecule has 0 spiro atoms. The van der Waals surface area contributed by atoms with Gasteiger partial charge in [-0.1, -0.05) is 28.9 Å². The average molecular weight is 298 g/mol. The number of nitrogens with one attached hydrogen (secondary N) is 1. The van der Waals surface area contributed by atoms with Crippen molar-refractivity contribution in [1.29, 1.82) is 0 Å². The third-order valence-corrected chi connectivity index (χ3v) is 3.47. The summed E-state index contributed by atoms with van der Waals surface area (Å²) in [6.07, 6.45) is 0.430. The molecule has 1 atom stereocenters. The lowest BCUT2D eigenvalue weighted by Gasteiger charge is -2.12. The Morgan fingerprint density at radius 3 is 2.59 bits per heavy atom. The average Bonchev–Trinajstić information content (AvgIpc) is 2.31. The van der Waals surface area contributed by atoms with Crippen molar-refractivity contribution >= 4 is 27.6 Å². The molecule has 4 heteroatoms. The number of Topliss-reactive ketones (excluding diaryl/α,β-unsaturated/α-hetero) is 1. The highest BCUT2D eigenvalue weighted by atomic mass is 79.9. The number of halogens is 1. The molecule has 0 saturated heterocycles. The van der Waals surface area contributed by atoms with Gasteiger partial charge in [0, 0.05) is 16.5 Å². The van der Waals surface area contributed by atoms with Gasteiger partial charge in [0.1, 0.15) is 0 Å². The van der Waals surface area contributed by atoms with Crippen LogP contribution in [0.2, 0.25) is 0 Å². The SMILES string of the molecule is CCC(=O)C(C)NC(=O)c1ccc(C)c(Br)c1. The van der Waals surface area contributed by atoms with Crippen molar-refractivity contribution < 1.29 is 9.59 Å². The number of ketones is 1. The van der Waals surface area contributed by atoms with Crippen molar-refractivity contribution in [1.82, 2.24) is 5.32 Å². The van der Waals surface area contributed by atoms with Crippen LogP contribution in [0, 0.1) is 6.92 Å². The third-order valence-electron chi connectivity index (χ3n) is 2.61. The maximum Gasteiger partial charge on any atom is 0.251 e. The molecule has 17 heavy (non-hydrogen) atoms. The maximum atomic E-state index is 11.9. The summed E-state index contributed by atoms with van der Waals surface area (Å²) < 4.78 is 0.889. The van der Waals surface area contributed by atoms with Gasteiger partial charge in [0.05, 0.1) is 6.04 Å². The lowest BCUT2D eigenvalue weighted by Crippen LogP contribution is -2.38. The van der Waals surface area contributed by atoms with Crippen LogP contribution in [0.4, 0.5) is 0 Å². The molecule has 0 aliphatic heterocycles. The first-order chi connectivity index (χ1) is 7.95. The van der Waals surface area contributed by atoms with Gasteiger partial charge in [0.2, 0.25) is 0 Å². The number of rotatable bonds is 4. The molecule has 0 aliphatic carbocycles. The zero-order valence-corrected chi connectivity index (χ0v) is 11.8. The van der Waals surface area contributed by atoms with E-state index in [9.17, 15) is 9.59 Å². The number of hydrogen-bond donors (Lipinski definition) is 1. The zero-order chi connectivity index (χ0) is 13.0. The van der Waals surface area contributed by atoms with E-state index < -0.39 is 6.04 Å². The molecule has 1 unspecified atom stereocenters. The van der Waals surface area contributed by atoms with Crippen molar-refractivity contribution in [3.05, 3.63) is 33.8 Å². The van der Waals surface area contributed by atoms with Gasteiger partial charge in [-0.3, -0.25) is 9.59 Å². The molecule has 1 rings (SSSR count). The van der Waals surface area contributed by atoms with E-state index in [1.807, 2.05) is 13.0 Å². The highest BCUT2D eigenvalue weighted by molar-refractivity contribution is 9.10. The number of aryl methyl sites for hydroxylation is 1. The molecular formula is C13H16BrNO2. The van der Waals surface area contributed by atoms with Crippen molar-refractivity contribution in [3.63, 3.8) is 0 Å². The molecule has 0 aliphatic rings. The minimum absolute atomic E-state index is 0.0320. The summed E-state index contributed by atoms with van der Waals surface area (Å²) in [5.41, 5.74) is 1.62. The molecule has 1 aromatic carbocycles. The monoisotopic (exact) mass is 297 g/mol. The zero-order valence-electron chi connectivity index (χ0n) is 10.2. The summed E-state index contributed by atoms with van der Waals surface area (Å²) in [7, 11) is 0. The first-order valence-corrected chi connectivity index (χ1v) is 6.34. The van der Waals surface area contributed by atoms with Gasteiger partial charge in [0.15, 0.2) is 5.78 Å². The van der Waals surface area contributed by atoms with Crippen LogP contribution in [0.5, 0.6) is 0 Å². The Labute approximate surface area is 110 Å². The second-order valence-corrected chi connectivity index (χ2v) is 4.83. The fourth-order valence-corrected chi connectivity index (χ4v) is 1.78. The molecule has 1 aromatic rings. The van der Waals surface area contributed by atoms with Gasteiger partial charge in [-0.25, -0.2) is 0 Å². The van der Waals surface area contributed by atoms with Crippen molar-refractivity contribution in [2.24, 2.45) is 0 Å². The molecule has 3 nitrogen and oxygen atoms in total. The van der Waals surface area contributed by atoms with E-state index in [0.717, 1.165) is 10.0 Å². The van der Waals surface area contributed by atoms with Crippen molar-refractivity contribution in [2.75, 3.05) is 0 Å². The third kappa shape index (κ3) is 3.66. The van der Waals surface area contributed by atoms with Gasteiger partial charge in [-0.05, 0) is 31.5 Å². The summed E-state index contributed by atoms with van der Waals surface area (Å²) in [4.78, 5) is 23.2. The molecule has 0 radical (unpaired) electrons. The number of amides is 1. The molecule has 0 bridgehead atoms. The number of carbonyl (C=O) groups excluding carboxylic acids is 2. The van der Waals surface area contributed by atoms with Crippen LogP contribution in [0.25, 0.3) is 0 Å². The first-order valence-electron chi connectivity index (χ1n) is 5.55. The summed E-state index contributed by atoms with van der Waals surface area (Å²) >= 11 is 3.38.